The van der Waals surface area contributed by atoms with E-state index < -0.39 is 5.97 Å². The van der Waals surface area contributed by atoms with Crippen LogP contribution in [0.25, 0.3) is 17.2 Å². The molecule has 2 aromatic rings. The quantitative estimate of drug-likeness (QED) is 0.0992. The highest BCUT2D eigenvalue weighted by Gasteiger charge is 2.25. The Labute approximate surface area is 266 Å². The number of unbranched alkanes of at least 4 members (excludes halogenated alkanes) is 2. The molecular formula is C40H52N2O2. The molecule has 0 amide bonds. The molecule has 0 bridgehead atoms. The molecule has 1 aliphatic carbocycles. The molecule has 0 radical (unpaired) electrons. The number of carboxylic acids is 1. The van der Waals surface area contributed by atoms with Gasteiger partial charge in [0.2, 0.25) is 0 Å². The molecule has 1 aliphatic rings. The van der Waals surface area contributed by atoms with Crippen molar-refractivity contribution >= 4 is 34.6 Å². The Morgan fingerprint density at radius 2 is 1.73 bits per heavy atom. The van der Waals surface area contributed by atoms with Gasteiger partial charge in [0.1, 0.15) is 0 Å². The van der Waals surface area contributed by atoms with E-state index in [1.165, 1.54) is 54.4 Å². The zero-order chi connectivity index (χ0) is 32.2. The van der Waals surface area contributed by atoms with Gasteiger partial charge in [0.05, 0.1) is 5.56 Å². The lowest BCUT2D eigenvalue weighted by atomic mass is 9.76. The maximum atomic E-state index is 11.7. The van der Waals surface area contributed by atoms with E-state index >= 15 is 0 Å². The second-order valence-corrected chi connectivity index (χ2v) is 12.1. The normalized spacial score (nSPS) is 15.1. The second kappa shape index (κ2) is 16.8. The van der Waals surface area contributed by atoms with Gasteiger partial charge >= 0.3 is 5.97 Å². The predicted molar refractivity (Wildman–Crippen MR) is 192 cm³/mol. The van der Waals surface area contributed by atoms with Crippen molar-refractivity contribution in [1.82, 2.24) is 0 Å². The minimum Gasteiger partial charge on any atom is -0.478 e. The Kier molecular flexibility index (Phi) is 13.2. The number of benzene rings is 2. The lowest BCUT2D eigenvalue weighted by molar-refractivity contribution is 0.0696. The molecule has 1 saturated carbocycles. The summed E-state index contributed by atoms with van der Waals surface area (Å²) in [6.07, 6.45) is 17.4. The fraction of sp³-hybridized carbons (Fsp3) is 0.400. The summed E-state index contributed by atoms with van der Waals surface area (Å²) in [5.41, 5.74) is 12.3. The summed E-state index contributed by atoms with van der Waals surface area (Å²) in [4.78, 5) is 16.2. The van der Waals surface area contributed by atoms with Gasteiger partial charge in [-0.1, -0.05) is 88.6 Å². The van der Waals surface area contributed by atoms with Crippen LogP contribution in [-0.2, 0) is 0 Å². The molecule has 0 saturated heterocycles. The third-order valence-electron chi connectivity index (χ3n) is 8.82. The maximum absolute atomic E-state index is 11.7. The van der Waals surface area contributed by atoms with Crippen molar-refractivity contribution in [3.8, 4) is 0 Å². The largest absolute Gasteiger partial charge is 0.478 e. The number of carbonyl (C=O) groups is 1. The maximum Gasteiger partial charge on any atom is 0.335 e. The molecule has 4 heteroatoms. The first kappa shape index (κ1) is 34.6. The van der Waals surface area contributed by atoms with Crippen molar-refractivity contribution in [3.05, 3.63) is 106 Å². The average molecular weight is 593 g/mol. The van der Waals surface area contributed by atoms with Gasteiger partial charge in [-0.2, -0.15) is 0 Å². The number of nitrogens with one attached hydrogen (secondary N) is 1. The summed E-state index contributed by atoms with van der Waals surface area (Å²) in [6.45, 7) is 22.0. The van der Waals surface area contributed by atoms with Gasteiger partial charge < -0.3 is 10.4 Å². The van der Waals surface area contributed by atoms with E-state index in [4.69, 9.17) is 0 Å². The molecule has 0 aliphatic heterocycles. The fourth-order valence-electron chi connectivity index (χ4n) is 6.17. The van der Waals surface area contributed by atoms with Crippen molar-refractivity contribution in [2.75, 3.05) is 11.9 Å². The first-order valence-corrected chi connectivity index (χ1v) is 16.3. The highest BCUT2D eigenvalue weighted by molar-refractivity contribution is 6.03. The predicted octanol–water partition coefficient (Wildman–Crippen LogP) is 11.2. The van der Waals surface area contributed by atoms with Gasteiger partial charge in [-0.05, 0) is 111 Å². The third-order valence-corrected chi connectivity index (χ3v) is 8.82. The van der Waals surface area contributed by atoms with Crippen molar-refractivity contribution in [2.45, 2.75) is 92.9 Å². The van der Waals surface area contributed by atoms with Crippen molar-refractivity contribution in [1.29, 1.82) is 0 Å². The molecule has 1 fully saturated rings. The first-order valence-electron chi connectivity index (χ1n) is 16.3. The third kappa shape index (κ3) is 8.81. The molecule has 0 aromatic heterocycles. The standard InChI is InChI=1S/C40H52N2O2/c1-9-11-15-25-42-39-36(21-18-27(3)30(6)32(8)41-24-10-2)28(4)19-22-37(39)31(7)38(33-16-13-12-14-17-33)35-23-20-34(40(43)44)26-29(35)5/h10,18-24,26,33,42H,3,6,9,11-17,25H2,1-2,4-5,7-8H3,(H,43,44)/b21-18-,24-10-,38-31+,41-32?. The monoisotopic (exact) mass is 592 g/mol. The molecule has 2 aromatic carbocycles. The molecule has 0 spiro atoms. The van der Waals surface area contributed by atoms with Crippen molar-refractivity contribution in [2.24, 2.45) is 10.9 Å². The molecule has 2 N–H and O–H groups in total. The molecule has 0 atom stereocenters. The molecule has 44 heavy (non-hydrogen) atoms. The zero-order valence-electron chi connectivity index (χ0n) is 27.9. The summed E-state index contributed by atoms with van der Waals surface area (Å²) in [5.74, 6) is -0.449. The number of hydrogen-bond donors (Lipinski definition) is 2. The smallest absolute Gasteiger partial charge is 0.335 e. The number of anilines is 1. The Morgan fingerprint density at radius 3 is 2.36 bits per heavy atom. The van der Waals surface area contributed by atoms with Crippen molar-refractivity contribution < 1.29 is 9.90 Å². The summed E-state index contributed by atoms with van der Waals surface area (Å²) in [6, 6.07) is 10.1. The summed E-state index contributed by atoms with van der Waals surface area (Å²) < 4.78 is 0. The van der Waals surface area contributed by atoms with Crippen LogP contribution in [0.2, 0.25) is 0 Å². The molecule has 4 nitrogen and oxygen atoms in total. The van der Waals surface area contributed by atoms with E-state index in [2.05, 4.69) is 68.5 Å². The Hall–Kier alpha value is -3.92. The van der Waals surface area contributed by atoms with E-state index in [1.807, 2.05) is 39.0 Å². The van der Waals surface area contributed by atoms with E-state index in [0.29, 0.717) is 11.5 Å². The molecule has 0 heterocycles. The van der Waals surface area contributed by atoms with Gasteiger partial charge in [-0.25, -0.2) is 4.79 Å². The van der Waals surface area contributed by atoms with Gasteiger partial charge in [-0.15, -0.1) is 0 Å². The Balaban J connectivity index is 2.21. The van der Waals surface area contributed by atoms with E-state index in [9.17, 15) is 9.90 Å². The van der Waals surface area contributed by atoms with E-state index in [0.717, 1.165) is 65.0 Å². The number of aliphatic imine (C=N–C) groups is 1. The van der Waals surface area contributed by atoms with Crippen LogP contribution < -0.4 is 5.32 Å². The Morgan fingerprint density at radius 1 is 1.02 bits per heavy atom. The minimum atomic E-state index is -0.888. The van der Waals surface area contributed by atoms with E-state index in [1.54, 1.807) is 12.3 Å². The number of aromatic carboxylic acids is 1. The summed E-state index contributed by atoms with van der Waals surface area (Å²) in [7, 11) is 0. The lowest BCUT2D eigenvalue weighted by Crippen LogP contribution is -2.13. The number of rotatable bonds is 14. The number of nitrogens with zero attached hydrogens (tertiary/aromatic N) is 1. The zero-order valence-corrected chi connectivity index (χ0v) is 27.9. The number of aryl methyl sites for hydroxylation is 2. The topological polar surface area (TPSA) is 61.7 Å². The van der Waals surface area contributed by atoms with Crippen LogP contribution >= 0.6 is 0 Å². The Bertz CT molecular complexity index is 1480. The molecule has 0 unspecified atom stereocenters. The van der Waals surface area contributed by atoms with Gasteiger partial charge in [-0.3, -0.25) is 4.99 Å². The molecular weight excluding hydrogens is 540 g/mol. The number of hydrogen-bond acceptors (Lipinski definition) is 3. The number of carboxylic acid groups (broad SMARTS) is 1. The minimum absolute atomic E-state index is 0.334. The molecule has 3 rings (SSSR count). The van der Waals surface area contributed by atoms with Crippen LogP contribution in [0.1, 0.15) is 117 Å². The van der Waals surface area contributed by atoms with Gasteiger partial charge in [0.25, 0.3) is 0 Å². The summed E-state index contributed by atoms with van der Waals surface area (Å²) >= 11 is 0. The van der Waals surface area contributed by atoms with Crippen LogP contribution in [0.5, 0.6) is 0 Å². The van der Waals surface area contributed by atoms with Crippen LogP contribution in [0.3, 0.4) is 0 Å². The first-order chi connectivity index (χ1) is 21.1. The lowest BCUT2D eigenvalue weighted by Gasteiger charge is -2.29. The summed E-state index contributed by atoms with van der Waals surface area (Å²) in [5, 5.41) is 13.5. The van der Waals surface area contributed by atoms with E-state index in [-0.39, 0.29) is 0 Å². The SMILES string of the molecule is C=C(/C=C\c1c(C)ccc(/C(C)=C(/c2ccc(C(=O)O)cc2C)C2CCCCC2)c1NCCCCC)C(=C)C(C)=N/C=C\C. The van der Waals surface area contributed by atoms with Crippen molar-refractivity contribution in [3.63, 3.8) is 0 Å². The highest BCUT2D eigenvalue weighted by Crippen LogP contribution is 2.43. The number of allylic oxidation sites excluding steroid dienone is 6. The van der Waals surface area contributed by atoms with Crippen LogP contribution in [0, 0.1) is 19.8 Å². The average Bonchev–Trinajstić information content (AvgIpc) is 3.02. The van der Waals surface area contributed by atoms with Gasteiger partial charge in [0.15, 0.2) is 0 Å². The van der Waals surface area contributed by atoms with Gasteiger partial charge in [0, 0.05) is 35.3 Å². The fourth-order valence-corrected chi connectivity index (χ4v) is 6.17. The second-order valence-electron chi connectivity index (χ2n) is 12.1. The molecule has 234 valence electrons. The van der Waals surface area contributed by atoms with Crippen LogP contribution in [0.15, 0.2) is 78.0 Å². The van der Waals surface area contributed by atoms with Crippen LogP contribution in [-0.4, -0.2) is 23.3 Å². The van der Waals surface area contributed by atoms with Crippen LogP contribution in [0.4, 0.5) is 5.69 Å². The highest BCUT2D eigenvalue weighted by atomic mass is 16.4.